The number of carbonyl (C=O) groups is 3. The van der Waals surface area contributed by atoms with E-state index in [2.05, 4.69) is 39.8 Å². The number of aliphatic hydroxyl groups excluding tert-OH is 1. The van der Waals surface area contributed by atoms with E-state index in [1.54, 1.807) is 29.9 Å². The Balaban J connectivity index is 1.52. The Labute approximate surface area is 272 Å². The van der Waals surface area contributed by atoms with Gasteiger partial charge in [-0.3, -0.25) is 24.0 Å². The molecular weight excluding hydrogens is 589 g/mol. The van der Waals surface area contributed by atoms with E-state index < -0.39 is 41.9 Å². The summed E-state index contributed by atoms with van der Waals surface area (Å²) in [5.74, 6) is -1.66. The Kier molecular flexibility index (Phi) is 12.3. The minimum atomic E-state index is -0.962. The number of nitrogens with one attached hydrogen (secondary N) is 3. The van der Waals surface area contributed by atoms with E-state index in [0.717, 1.165) is 32.2 Å². The van der Waals surface area contributed by atoms with Crippen molar-refractivity contribution < 1.29 is 23.9 Å². The molecule has 1 aliphatic heterocycles. The summed E-state index contributed by atoms with van der Waals surface area (Å²) in [6, 6.07) is 4.91. The van der Waals surface area contributed by atoms with Gasteiger partial charge in [0.2, 0.25) is 11.8 Å². The van der Waals surface area contributed by atoms with Gasteiger partial charge < -0.3 is 26.0 Å². The quantitative estimate of drug-likeness (QED) is 0.279. The van der Waals surface area contributed by atoms with Gasteiger partial charge in [-0.15, -0.1) is 0 Å². The Morgan fingerprint density at radius 2 is 1.78 bits per heavy atom. The summed E-state index contributed by atoms with van der Waals surface area (Å²) in [7, 11) is 2.05. The summed E-state index contributed by atoms with van der Waals surface area (Å²) in [4.78, 5) is 43.6. The van der Waals surface area contributed by atoms with Gasteiger partial charge in [0.05, 0.1) is 11.7 Å². The lowest BCUT2D eigenvalue weighted by Gasteiger charge is -2.43. The van der Waals surface area contributed by atoms with Crippen LogP contribution in [0.5, 0.6) is 0 Å². The van der Waals surface area contributed by atoms with Gasteiger partial charge in [0, 0.05) is 50.8 Å². The summed E-state index contributed by atoms with van der Waals surface area (Å²) in [6.45, 7) is 12.3. The Morgan fingerprint density at radius 3 is 2.41 bits per heavy atom. The topological polar surface area (TPSA) is 132 Å². The third-order valence-electron chi connectivity index (χ3n) is 10.0. The van der Waals surface area contributed by atoms with Crippen LogP contribution in [0.4, 0.5) is 10.1 Å². The number of hydrogen-bond acceptors (Lipinski definition) is 7. The molecule has 12 heteroatoms. The minimum Gasteiger partial charge on any atom is -0.376 e. The number of halogens is 1. The number of rotatable bonds is 12. The Morgan fingerprint density at radius 1 is 1.07 bits per heavy atom. The van der Waals surface area contributed by atoms with Crippen LogP contribution in [0.2, 0.25) is 0 Å². The van der Waals surface area contributed by atoms with Crippen LogP contribution < -0.4 is 16.0 Å². The number of benzene rings is 1. The Hall–Kier alpha value is -3.35. The van der Waals surface area contributed by atoms with E-state index in [0.29, 0.717) is 36.8 Å². The van der Waals surface area contributed by atoms with E-state index in [9.17, 15) is 19.5 Å². The van der Waals surface area contributed by atoms with E-state index in [1.807, 2.05) is 25.8 Å². The van der Waals surface area contributed by atoms with Crippen LogP contribution in [-0.4, -0.2) is 93.4 Å². The third-order valence-corrected chi connectivity index (χ3v) is 10.0. The number of aromatic nitrogens is 2. The monoisotopic (exact) mass is 641 g/mol. The molecule has 5 atom stereocenters. The molecule has 11 nitrogen and oxygen atoms in total. The maximum Gasteiger partial charge on any atom is 0.270 e. The third kappa shape index (κ3) is 8.51. The highest BCUT2D eigenvalue weighted by atomic mass is 19.1. The fourth-order valence-corrected chi connectivity index (χ4v) is 6.63. The van der Waals surface area contributed by atoms with Gasteiger partial charge in [-0.2, -0.15) is 5.10 Å². The van der Waals surface area contributed by atoms with Crippen molar-refractivity contribution in [3.63, 3.8) is 0 Å². The number of carbonyl (C=O) groups excluding carboxylic acids is 3. The van der Waals surface area contributed by atoms with Gasteiger partial charge in [-0.25, -0.2) is 4.39 Å². The summed E-state index contributed by atoms with van der Waals surface area (Å²) in [5, 5.41) is 24.2. The second-order valence-electron chi connectivity index (χ2n) is 13.2. The molecule has 1 aromatic heterocycles. The second-order valence-corrected chi connectivity index (χ2v) is 13.2. The molecule has 4 N–H and O–H groups in total. The standard InChI is InChI=1S/C34H52FN7O4/c1-7-29(43)38-30(34(46)41-18-17-40(6)22(4)20-41)23(5)25-13-14-27(26(35)19-25)37-33(45)31(24-11-9-21(3)10-12-24)39-32(44)28-15-16-36-42(28)8-2/h13-16,19,21-24,30-31,34,46H,7-12,17-18,20H2,1-6H3,(H,37,45)(H,38,43)(H,39,44)/t21?,22-,23+,24?,30-,31+,34?/m1/s1. The zero-order valence-electron chi connectivity index (χ0n) is 28.1. The maximum absolute atomic E-state index is 15.7. The van der Waals surface area contributed by atoms with Crippen molar-refractivity contribution in [3.05, 3.63) is 47.5 Å². The predicted molar refractivity (Wildman–Crippen MR) is 176 cm³/mol. The zero-order valence-corrected chi connectivity index (χ0v) is 28.1. The maximum atomic E-state index is 15.7. The largest absolute Gasteiger partial charge is 0.376 e. The fourth-order valence-electron chi connectivity index (χ4n) is 6.63. The van der Waals surface area contributed by atoms with Crippen molar-refractivity contribution in [2.24, 2.45) is 11.8 Å². The smallest absolute Gasteiger partial charge is 0.270 e. The Bertz CT molecular complexity index is 1340. The first-order valence-corrected chi connectivity index (χ1v) is 16.8. The highest BCUT2D eigenvalue weighted by molar-refractivity contribution is 6.00. The van der Waals surface area contributed by atoms with Crippen LogP contribution in [0, 0.1) is 17.7 Å². The first-order chi connectivity index (χ1) is 21.9. The molecule has 3 amide bonds. The molecule has 2 fully saturated rings. The lowest BCUT2D eigenvalue weighted by Crippen LogP contribution is -2.60. The average Bonchev–Trinajstić information content (AvgIpc) is 3.53. The molecule has 2 aliphatic rings. The van der Waals surface area contributed by atoms with Crippen LogP contribution in [0.15, 0.2) is 30.5 Å². The van der Waals surface area contributed by atoms with Crippen molar-refractivity contribution >= 4 is 23.4 Å². The fraction of sp³-hybridized carbons (Fsp3) is 0.647. The first kappa shape index (κ1) is 35.5. The number of anilines is 1. The van der Waals surface area contributed by atoms with Crippen LogP contribution >= 0.6 is 0 Å². The number of nitrogens with zero attached hydrogens (tertiary/aromatic N) is 4. The highest BCUT2D eigenvalue weighted by Crippen LogP contribution is 2.32. The van der Waals surface area contributed by atoms with Crippen molar-refractivity contribution in [1.82, 2.24) is 30.2 Å². The number of aliphatic hydroxyl groups is 1. The molecule has 1 saturated carbocycles. The number of likely N-dealkylation sites (N-methyl/N-ethyl adjacent to an activating group) is 1. The molecular formula is C34H52FN7O4. The van der Waals surface area contributed by atoms with Crippen LogP contribution in [0.25, 0.3) is 0 Å². The van der Waals surface area contributed by atoms with E-state index in [-0.39, 0.29) is 30.0 Å². The van der Waals surface area contributed by atoms with Gasteiger partial charge in [0.1, 0.15) is 23.8 Å². The molecule has 0 bridgehead atoms. The lowest BCUT2D eigenvalue weighted by molar-refractivity contribution is -0.125. The predicted octanol–water partition coefficient (Wildman–Crippen LogP) is 3.56. The molecule has 1 aliphatic carbocycles. The molecule has 2 aromatic rings. The molecule has 1 aromatic carbocycles. The van der Waals surface area contributed by atoms with E-state index >= 15 is 4.39 Å². The van der Waals surface area contributed by atoms with Crippen LogP contribution in [-0.2, 0) is 16.1 Å². The van der Waals surface area contributed by atoms with Gasteiger partial charge in [-0.05, 0) is 69.3 Å². The van der Waals surface area contributed by atoms with Gasteiger partial charge in [-0.1, -0.05) is 39.7 Å². The number of aryl methyl sites for hydroxylation is 1. The number of amides is 3. The molecule has 1 unspecified atom stereocenters. The summed E-state index contributed by atoms with van der Waals surface area (Å²) >= 11 is 0. The van der Waals surface area contributed by atoms with Crippen molar-refractivity contribution in [1.29, 1.82) is 0 Å². The molecule has 46 heavy (non-hydrogen) atoms. The first-order valence-electron chi connectivity index (χ1n) is 16.8. The SMILES string of the molecule is CCC(=O)N[C@@H](C(O)N1CCN(C)[C@H](C)C1)[C@@H](C)c1ccc(NC(=O)[C@@H](NC(=O)c2ccnn2CC)C2CCC(C)CC2)c(F)c1. The second kappa shape index (κ2) is 16.0. The van der Waals surface area contributed by atoms with Gasteiger partial charge in [0.15, 0.2) is 0 Å². The number of piperazine rings is 1. The zero-order chi connectivity index (χ0) is 33.5. The molecule has 0 spiro atoms. The minimum absolute atomic E-state index is 0.00515. The van der Waals surface area contributed by atoms with Crippen molar-refractivity contribution in [2.45, 2.75) is 104 Å². The summed E-state index contributed by atoms with van der Waals surface area (Å²) < 4.78 is 17.2. The lowest BCUT2D eigenvalue weighted by atomic mass is 9.79. The molecule has 4 rings (SSSR count). The normalized spacial score (nSPS) is 23.6. The molecule has 1 saturated heterocycles. The summed E-state index contributed by atoms with van der Waals surface area (Å²) in [5.41, 5.74) is 0.953. The average molecular weight is 642 g/mol. The van der Waals surface area contributed by atoms with Crippen molar-refractivity contribution in [3.8, 4) is 0 Å². The van der Waals surface area contributed by atoms with E-state index in [4.69, 9.17) is 0 Å². The molecule has 0 radical (unpaired) electrons. The van der Waals surface area contributed by atoms with Crippen LogP contribution in [0.1, 0.15) is 88.7 Å². The van der Waals surface area contributed by atoms with Crippen molar-refractivity contribution in [2.75, 3.05) is 32.0 Å². The van der Waals surface area contributed by atoms with Gasteiger partial charge in [0.25, 0.3) is 5.91 Å². The summed E-state index contributed by atoms with van der Waals surface area (Å²) in [6.07, 6.45) is 4.31. The van der Waals surface area contributed by atoms with Gasteiger partial charge >= 0.3 is 0 Å². The van der Waals surface area contributed by atoms with Crippen LogP contribution in [0.3, 0.4) is 0 Å². The van der Waals surface area contributed by atoms with E-state index in [1.165, 1.54) is 12.1 Å². The molecule has 254 valence electrons. The number of hydrogen-bond donors (Lipinski definition) is 4. The highest BCUT2D eigenvalue weighted by Gasteiger charge is 2.36. The molecule has 2 heterocycles.